The molecule has 2 aliphatic heterocycles. The number of benzene rings is 1. The number of hydrogen-bond donors (Lipinski definition) is 0. The molecule has 1 aliphatic carbocycles. The maximum Gasteiger partial charge on any atom is 0.407 e. The van der Waals surface area contributed by atoms with E-state index in [0.29, 0.717) is 11.1 Å². The van der Waals surface area contributed by atoms with Crippen LogP contribution in [0.15, 0.2) is 42.0 Å². The van der Waals surface area contributed by atoms with Crippen LogP contribution in [0.25, 0.3) is 0 Å². The molecule has 1 saturated heterocycles. The first-order valence-electron chi connectivity index (χ1n) is 8.45. The Bertz CT molecular complexity index is 791. The fourth-order valence-corrected chi connectivity index (χ4v) is 4.50. The molecule has 1 fully saturated rings. The van der Waals surface area contributed by atoms with Crippen molar-refractivity contribution < 1.29 is 35.8 Å². The first-order chi connectivity index (χ1) is 12.7. The number of ether oxygens (including phenoxy) is 2. The van der Waals surface area contributed by atoms with Crippen molar-refractivity contribution in [2.45, 2.75) is 31.0 Å². The number of hydrogen-bond acceptors (Lipinski definition) is 2. The summed E-state index contributed by atoms with van der Waals surface area (Å²) >= 11 is 0. The fraction of sp³-hybridized carbons (Fsp3) is 0.474. The third-order valence-electron chi connectivity index (χ3n) is 5.70. The molecule has 0 N–H and O–H groups in total. The second kappa shape index (κ2) is 6.10. The van der Waals surface area contributed by atoms with E-state index in [2.05, 4.69) is 0 Å². The van der Waals surface area contributed by atoms with Crippen molar-refractivity contribution >= 4 is 0 Å². The number of halogens is 6. The van der Waals surface area contributed by atoms with Gasteiger partial charge in [-0.05, 0) is 22.3 Å². The lowest BCUT2D eigenvalue weighted by molar-refractivity contribution is -0.318. The average molecular weight is 390 g/mol. The van der Waals surface area contributed by atoms with Crippen molar-refractivity contribution in [1.82, 2.24) is 0 Å². The zero-order valence-electron chi connectivity index (χ0n) is 14.0. The minimum atomic E-state index is -5.55. The monoisotopic (exact) mass is 390 g/mol. The van der Waals surface area contributed by atoms with E-state index < -0.39 is 35.2 Å². The molecule has 2 unspecified atom stereocenters. The molecule has 0 aromatic heterocycles. The van der Waals surface area contributed by atoms with E-state index in [4.69, 9.17) is 9.47 Å². The largest absolute Gasteiger partial charge is 0.407 e. The van der Waals surface area contributed by atoms with Gasteiger partial charge in [0, 0.05) is 11.8 Å². The summed E-state index contributed by atoms with van der Waals surface area (Å²) in [6.45, 7) is -0.375. The molecule has 27 heavy (non-hydrogen) atoms. The molecule has 8 heteroatoms. The van der Waals surface area contributed by atoms with Crippen LogP contribution in [0.3, 0.4) is 0 Å². The topological polar surface area (TPSA) is 18.5 Å². The molecule has 2 nitrogen and oxygen atoms in total. The van der Waals surface area contributed by atoms with Crippen LogP contribution in [0.2, 0.25) is 0 Å². The first kappa shape index (κ1) is 18.6. The Hall–Kier alpha value is -1.80. The smallest absolute Gasteiger partial charge is 0.376 e. The van der Waals surface area contributed by atoms with E-state index in [0.717, 1.165) is 12.1 Å². The summed E-state index contributed by atoms with van der Waals surface area (Å²) in [6, 6.07) is 3.68. The van der Waals surface area contributed by atoms with E-state index in [1.54, 1.807) is 6.08 Å². The van der Waals surface area contributed by atoms with Gasteiger partial charge >= 0.3 is 12.4 Å². The molecule has 0 amide bonds. The van der Waals surface area contributed by atoms with Gasteiger partial charge in [0.05, 0.1) is 26.4 Å². The summed E-state index contributed by atoms with van der Waals surface area (Å²) in [7, 11) is 0. The SMILES string of the molecule is FC(F)(F)C(c1cccc2c1COC2)(C1C=CC=C2COCC21)C(F)(F)F. The average Bonchev–Trinajstić information content (AvgIpc) is 3.22. The van der Waals surface area contributed by atoms with E-state index in [1.165, 1.54) is 18.2 Å². The molecule has 1 aromatic rings. The quantitative estimate of drug-likeness (QED) is 0.673. The highest BCUT2D eigenvalue weighted by molar-refractivity contribution is 5.46. The Morgan fingerprint density at radius 2 is 1.63 bits per heavy atom. The summed E-state index contributed by atoms with van der Waals surface area (Å²) in [5.41, 5.74) is -3.99. The normalized spacial score (nSPS) is 25.3. The number of allylic oxidation sites excluding steroid dienone is 3. The lowest BCUT2D eigenvalue weighted by Crippen LogP contribution is -2.60. The highest BCUT2D eigenvalue weighted by Gasteiger charge is 2.76. The van der Waals surface area contributed by atoms with Crippen molar-refractivity contribution in [1.29, 1.82) is 0 Å². The van der Waals surface area contributed by atoms with Gasteiger partial charge in [-0.15, -0.1) is 0 Å². The van der Waals surface area contributed by atoms with Gasteiger partial charge in [0.25, 0.3) is 0 Å². The zero-order chi connectivity index (χ0) is 19.4. The van der Waals surface area contributed by atoms with Gasteiger partial charge in [-0.2, -0.15) is 26.3 Å². The van der Waals surface area contributed by atoms with Gasteiger partial charge < -0.3 is 9.47 Å². The highest BCUT2D eigenvalue weighted by Crippen LogP contribution is 2.61. The maximum absolute atomic E-state index is 14.4. The van der Waals surface area contributed by atoms with Crippen molar-refractivity contribution in [3.05, 3.63) is 58.7 Å². The lowest BCUT2D eigenvalue weighted by atomic mass is 9.61. The summed E-state index contributed by atoms with van der Waals surface area (Å²) in [4.78, 5) is 0. The molecule has 0 radical (unpaired) electrons. The third kappa shape index (κ3) is 2.56. The summed E-state index contributed by atoms with van der Waals surface area (Å²) < 4.78 is 96.8. The Kier molecular flexibility index (Phi) is 4.19. The highest BCUT2D eigenvalue weighted by atomic mass is 19.4. The van der Waals surface area contributed by atoms with Crippen LogP contribution in [-0.4, -0.2) is 25.6 Å². The molecule has 2 heterocycles. The molecule has 3 aliphatic rings. The van der Waals surface area contributed by atoms with E-state index in [-0.39, 0.29) is 32.0 Å². The van der Waals surface area contributed by atoms with Gasteiger partial charge in [0.15, 0.2) is 5.41 Å². The van der Waals surface area contributed by atoms with Crippen LogP contribution in [0.1, 0.15) is 16.7 Å². The number of fused-ring (bicyclic) bond motifs is 2. The first-order valence-corrected chi connectivity index (χ1v) is 8.45. The van der Waals surface area contributed by atoms with Crippen molar-refractivity contribution in [2.24, 2.45) is 11.8 Å². The van der Waals surface area contributed by atoms with Crippen LogP contribution in [0.4, 0.5) is 26.3 Å². The van der Waals surface area contributed by atoms with Crippen LogP contribution in [-0.2, 0) is 28.1 Å². The number of alkyl halides is 6. The Balaban J connectivity index is 2.01. The van der Waals surface area contributed by atoms with E-state index in [1.807, 2.05) is 0 Å². The predicted octanol–water partition coefficient (Wildman–Crippen LogP) is 4.84. The van der Waals surface area contributed by atoms with Crippen LogP contribution in [0, 0.1) is 11.8 Å². The molecule has 2 atom stereocenters. The van der Waals surface area contributed by atoms with Gasteiger partial charge in [0.1, 0.15) is 0 Å². The van der Waals surface area contributed by atoms with Crippen LogP contribution >= 0.6 is 0 Å². The summed E-state index contributed by atoms with van der Waals surface area (Å²) in [6.07, 6.45) is -7.26. The summed E-state index contributed by atoms with van der Waals surface area (Å²) in [5, 5.41) is 0. The lowest BCUT2D eigenvalue weighted by Gasteiger charge is -2.46. The minimum Gasteiger partial charge on any atom is -0.376 e. The van der Waals surface area contributed by atoms with E-state index >= 15 is 0 Å². The Labute approximate surface area is 151 Å². The standard InChI is InChI=1S/C19H16F6O2/c20-18(21,22)17(19(23,24)25,15-5-1-3-11-7-26-9-13(11)15)16-6-2-4-12-8-27-10-14(12)16/h1-6,13,15H,7-10H2. The molecule has 4 rings (SSSR count). The minimum absolute atomic E-state index is 0.00711. The molecule has 0 spiro atoms. The molecular weight excluding hydrogens is 374 g/mol. The molecule has 146 valence electrons. The molecular formula is C19H16F6O2. The molecule has 0 bridgehead atoms. The maximum atomic E-state index is 14.4. The number of rotatable bonds is 2. The second-order valence-electron chi connectivity index (χ2n) is 7.01. The zero-order valence-corrected chi connectivity index (χ0v) is 14.0. The van der Waals surface area contributed by atoms with Gasteiger partial charge in [-0.1, -0.05) is 36.4 Å². The summed E-state index contributed by atoms with van der Waals surface area (Å²) in [5.74, 6) is -2.82. The van der Waals surface area contributed by atoms with E-state index in [9.17, 15) is 26.3 Å². The van der Waals surface area contributed by atoms with Crippen LogP contribution < -0.4 is 0 Å². The molecule has 1 aromatic carbocycles. The Morgan fingerprint density at radius 1 is 0.889 bits per heavy atom. The third-order valence-corrected chi connectivity index (χ3v) is 5.70. The predicted molar refractivity (Wildman–Crippen MR) is 83.7 cm³/mol. The fourth-order valence-electron chi connectivity index (χ4n) is 4.50. The van der Waals surface area contributed by atoms with Crippen molar-refractivity contribution in [3.8, 4) is 0 Å². The van der Waals surface area contributed by atoms with Crippen LogP contribution in [0.5, 0.6) is 0 Å². The van der Waals surface area contributed by atoms with Crippen molar-refractivity contribution in [2.75, 3.05) is 13.2 Å². The Morgan fingerprint density at radius 3 is 2.33 bits per heavy atom. The van der Waals surface area contributed by atoms with Crippen molar-refractivity contribution in [3.63, 3.8) is 0 Å². The van der Waals surface area contributed by atoms with Gasteiger partial charge in [-0.25, -0.2) is 0 Å². The van der Waals surface area contributed by atoms with Gasteiger partial charge in [-0.3, -0.25) is 0 Å². The second-order valence-corrected chi connectivity index (χ2v) is 7.01. The molecule has 0 saturated carbocycles. The van der Waals surface area contributed by atoms with Gasteiger partial charge in [0.2, 0.25) is 0 Å².